The number of aryl methyl sites for hydroxylation is 1. The summed E-state index contributed by atoms with van der Waals surface area (Å²) >= 11 is 0. The summed E-state index contributed by atoms with van der Waals surface area (Å²) in [6.45, 7) is 3.66. The molecule has 0 heterocycles. The van der Waals surface area contributed by atoms with Crippen molar-refractivity contribution >= 4 is 0 Å². The molecule has 0 bridgehead atoms. The molecule has 0 saturated carbocycles. The van der Waals surface area contributed by atoms with Crippen LogP contribution in [0.2, 0.25) is 0 Å². The van der Waals surface area contributed by atoms with Gasteiger partial charge in [-0.15, -0.1) is 0 Å². The van der Waals surface area contributed by atoms with Crippen LogP contribution < -0.4 is 4.74 Å². The monoisotopic (exact) mass is 280 g/mol. The SMILES string of the molecule is Cc1cc(C(F)(F)F)cc(OCc2ccccc2)c1C. The van der Waals surface area contributed by atoms with Crippen LogP contribution in [0.5, 0.6) is 5.75 Å². The average Bonchev–Trinajstić information content (AvgIpc) is 2.40. The van der Waals surface area contributed by atoms with Gasteiger partial charge in [-0.25, -0.2) is 0 Å². The molecule has 4 heteroatoms. The molecular formula is C16H15F3O. The Morgan fingerprint density at radius 2 is 1.65 bits per heavy atom. The van der Waals surface area contributed by atoms with Gasteiger partial charge in [0.15, 0.2) is 0 Å². The fourth-order valence-electron chi connectivity index (χ4n) is 1.88. The van der Waals surface area contributed by atoms with Crippen LogP contribution in [0.25, 0.3) is 0 Å². The van der Waals surface area contributed by atoms with Crippen molar-refractivity contribution in [3.05, 3.63) is 64.7 Å². The topological polar surface area (TPSA) is 9.23 Å². The molecule has 2 aromatic rings. The molecule has 0 spiro atoms. The first-order valence-corrected chi connectivity index (χ1v) is 6.23. The summed E-state index contributed by atoms with van der Waals surface area (Å²) in [5, 5.41) is 0. The summed E-state index contributed by atoms with van der Waals surface area (Å²) in [7, 11) is 0. The predicted molar refractivity (Wildman–Crippen MR) is 71.7 cm³/mol. The molecule has 20 heavy (non-hydrogen) atoms. The summed E-state index contributed by atoms with van der Waals surface area (Å²) < 4.78 is 43.9. The van der Waals surface area contributed by atoms with E-state index in [2.05, 4.69) is 0 Å². The minimum Gasteiger partial charge on any atom is -0.489 e. The van der Waals surface area contributed by atoms with Gasteiger partial charge in [-0.1, -0.05) is 30.3 Å². The van der Waals surface area contributed by atoms with Crippen LogP contribution in [0.1, 0.15) is 22.3 Å². The summed E-state index contributed by atoms with van der Waals surface area (Å²) in [6.07, 6.45) is -4.36. The smallest absolute Gasteiger partial charge is 0.416 e. The molecule has 0 unspecified atom stereocenters. The lowest BCUT2D eigenvalue weighted by molar-refractivity contribution is -0.137. The normalized spacial score (nSPS) is 11.4. The summed E-state index contributed by atoms with van der Waals surface area (Å²) in [4.78, 5) is 0. The number of hydrogen-bond acceptors (Lipinski definition) is 1. The average molecular weight is 280 g/mol. The van der Waals surface area contributed by atoms with Crippen LogP contribution in [0.4, 0.5) is 13.2 Å². The van der Waals surface area contributed by atoms with Gasteiger partial charge in [-0.05, 0) is 42.7 Å². The third-order valence-corrected chi connectivity index (χ3v) is 3.18. The molecule has 0 aliphatic heterocycles. The Morgan fingerprint density at radius 3 is 2.25 bits per heavy atom. The van der Waals surface area contributed by atoms with Crippen molar-refractivity contribution < 1.29 is 17.9 Å². The van der Waals surface area contributed by atoms with E-state index in [9.17, 15) is 13.2 Å². The molecule has 0 amide bonds. The van der Waals surface area contributed by atoms with Gasteiger partial charge in [0.05, 0.1) is 5.56 Å². The molecule has 0 aromatic heterocycles. The number of alkyl halides is 3. The summed E-state index contributed by atoms with van der Waals surface area (Å²) in [5.74, 6) is 0.279. The highest BCUT2D eigenvalue weighted by atomic mass is 19.4. The second kappa shape index (κ2) is 5.57. The summed E-state index contributed by atoms with van der Waals surface area (Å²) in [5.41, 5.74) is 1.54. The first-order valence-electron chi connectivity index (χ1n) is 6.23. The zero-order valence-corrected chi connectivity index (χ0v) is 11.3. The maximum atomic E-state index is 12.8. The first kappa shape index (κ1) is 14.4. The van der Waals surface area contributed by atoms with Gasteiger partial charge in [0.2, 0.25) is 0 Å². The van der Waals surface area contributed by atoms with Crippen LogP contribution >= 0.6 is 0 Å². The molecule has 0 N–H and O–H groups in total. The summed E-state index contributed by atoms with van der Waals surface area (Å²) in [6, 6.07) is 11.6. The van der Waals surface area contributed by atoms with Crippen LogP contribution in [-0.4, -0.2) is 0 Å². The van der Waals surface area contributed by atoms with Gasteiger partial charge in [-0.2, -0.15) is 13.2 Å². The van der Waals surface area contributed by atoms with Crippen molar-refractivity contribution in [2.75, 3.05) is 0 Å². The first-order chi connectivity index (χ1) is 9.38. The third-order valence-electron chi connectivity index (χ3n) is 3.18. The highest BCUT2D eigenvalue weighted by molar-refractivity contribution is 5.43. The molecule has 0 radical (unpaired) electrons. The maximum Gasteiger partial charge on any atom is 0.416 e. The number of benzene rings is 2. The van der Waals surface area contributed by atoms with Crippen LogP contribution in [0, 0.1) is 13.8 Å². The molecule has 1 nitrogen and oxygen atoms in total. The zero-order valence-electron chi connectivity index (χ0n) is 11.3. The van der Waals surface area contributed by atoms with Gasteiger partial charge >= 0.3 is 6.18 Å². The van der Waals surface area contributed by atoms with Gasteiger partial charge in [0.1, 0.15) is 12.4 Å². The largest absolute Gasteiger partial charge is 0.489 e. The fourth-order valence-corrected chi connectivity index (χ4v) is 1.88. The van der Waals surface area contributed by atoms with E-state index in [0.29, 0.717) is 5.56 Å². The highest BCUT2D eigenvalue weighted by Crippen LogP contribution is 2.34. The van der Waals surface area contributed by atoms with E-state index in [1.54, 1.807) is 13.8 Å². The lowest BCUT2D eigenvalue weighted by atomic mass is 10.0. The van der Waals surface area contributed by atoms with Gasteiger partial charge in [-0.3, -0.25) is 0 Å². The van der Waals surface area contributed by atoms with E-state index in [0.717, 1.165) is 23.3 Å². The quantitative estimate of drug-likeness (QED) is 0.777. The van der Waals surface area contributed by atoms with E-state index in [1.165, 1.54) is 0 Å². The standard InChI is InChI=1S/C16H15F3O/c1-11-8-14(16(17,18)19)9-15(12(11)2)20-10-13-6-4-3-5-7-13/h3-9H,10H2,1-2H3. The molecule has 0 fully saturated rings. The van der Waals surface area contributed by atoms with E-state index in [4.69, 9.17) is 4.74 Å². The Labute approximate surface area is 116 Å². The van der Waals surface area contributed by atoms with Crippen molar-refractivity contribution in [1.82, 2.24) is 0 Å². The van der Waals surface area contributed by atoms with Gasteiger partial charge in [0, 0.05) is 0 Å². The van der Waals surface area contributed by atoms with E-state index in [-0.39, 0.29) is 12.4 Å². The fraction of sp³-hybridized carbons (Fsp3) is 0.250. The lowest BCUT2D eigenvalue weighted by Gasteiger charge is -2.15. The second-order valence-corrected chi connectivity index (χ2v) is 4.69. The number of ether oxygens (including phenoxy) is 1. The van der Waals surface area contributed by atoms with Crippen LogP contribution in [-0.2, 0) is 12.8 Å². The number of halogens is 3. The highest BCUT2D eigenvalue weighted by Gasteiger charge is 2.31. The van der Waals surface area contributed by atoms with Crippen LogP contribution in [0.3, 0.4) is 0 Å². The molecule has 0 aliphatic rings. The van der Waals surface area contributed by atoms with Crippen molar-refractivity contribution in [3.8, 4) is 5.75 Å². The predicted octanol–water partition coefficient (Wildman–Crippen LogP) is 4.90. The van der Waals surface area contributed by atoms with Crippen LogP contribution in [0.15, 0.2) is 42.5 Å². The van der Waals surface area contributed by atoms with Crippen molar-refractivity contribution in [2.24, 2.45) is 0 Å². The Balaban J connectivity index is 2.25. The second-order valence-electron chi connectivity index (χ2n) is 4.69. The number of rotatable bonds is 3. The van der Waals surface area contributed by atoms with Crippen molar-refractivity contribution in [1.29, 1.82) is 0 Å². The van der Waals surface area contributed by atoms with Gasteiger partial charge in [0.25, 0.3) is 0 Å². The minimum absolute atomic E-state index is 0.252. The molecule has 2 rings (SSSR count). The Kier molecular flexibility index (Phi) is 4.02. The maximum absolute atomic E-state index is 12.8. The lowest BCUT2D eigenvalue weighted by Crippen LogP contribution is -2.07. The van der Waals surface area contributed by atoms with Crippen molar-refractivity contribution in [3.63, 3.8) is 0 Å². The zero-order chi connectivity index (χ0) is 14.8. The van der Waals surface area contributed by atoms with E-state index >= 15 is 0 Å². The Bertz CT molecular complexity index is 589. The molecular weight excluding hydrogens is 265 g/mol. The Hall–Kier alpha value is -1.97. The minimum atomic E-state index is -4.36. The van der Waals surface area contributed by atoms with Gasteiger partial charge < -0.3 is 4.74 Å². The van der Waals surface area contributed by atoms with E-state index in [1.807, 2.05) is 30.3 Å². The molecule has 0 atom stereocenters. The molecule has 0 aliphatic carbocycles. The van der Waals surface area contributed by atoms with E-state index < -0.39 is 11.7 Å². The van der Waals surface area contributed by atoms with Crippen molar-refractivity contribution in [2.45, 2.75) is 26.6 Å². The molecule has 2 aromatic carbocycles. The third kappa shape index (κ3) is 3.32. The number of hydrogen-bond donors (Lipinski definition) is 0. The molecule has 0 saturated heterocycles. The Morgan fingerprint density at radius 1 is 1.00 bits per heavy atom. The molecule has 106 valence electrons.